The Kier molecular flexibility index (Phi) is 25.1. The Morgan fingerprint density at radius 3 is 0.360 bits per heavy atom. The molecule has 0 atom stereocenters. The molecule has 114 heavy (non-hydrogen) atoms. The molecule has 0 aliphatic heterocycles. The summed E-state index contributed by atoms with van der Waals surface area (Å²) in [5.74, 6) is -164. The van der Waals surface area contributed by atoms with Gasteiger partial charge in [-0.25, -0.2) is 0 Å². The van der Waals surface area contributed by atoms with Crippen molar-refractivity contribution in [2.75, 3.05) is 39.6 Å². The highest BCUT2D eigenvalue weighted by Gasteiger charge is 2.87. The third-order valence-electron chi connectivity index (χ3n) is 13.4. The van der Waals surface area contributed by atoms with Crippen LogP contribution in [0.1, 0.15) is 0 Å². The van der Waals surface area contributed by atoms with Crippen LogP contribution in [0.25, 0.3) is 34.2 Å². The minimum Gasteiger partial charge on any atom is -0.471 e. The molecule has 0 fully saturated rings. The van der Waals surface area contributed by atoms with E-state index in [1.165, 1.54) is 0 Å². The van der Waals surface area contributed by atoms with Crippen molar-refractivity contribution in [1.29, 1.82) is 0 Å². The first kappa shape index (κ1) is 97.8. The highest BCUT2D eigenvalue weighted by Crippen LogP contribution is 2.60. The van der Waals surface area contributed by atoms with Crippen molar-refractivity contribution in [3.05, 3.63) is 36.4 Å². The number of rotatable bonds is 33. The van der Waals surface area contributed by atoms with E-state index in [9.17, 15) is 237 Å². The molecule has 0 aliphatic carbocycles. The molecule has 0 saturated carbocycles. The molecule has 4 rings (SSSR count). The van der Waals surface area contributed by atoms with Gasteiger partial charge in [0.15, 0.2) is 57.1 Å². The van der Waals surface area contributed by atoms with Gasteiger partial charge in [0.2, 0.25) is 35.3 Å². The van der Waals surface area contributed by atoms with E-state index in [0.717, 1.165) is 0 Å². The second-order valence-corrected chi connectivity index (χ2v) is 21.7. The van der Waals surface area contributed by atoms with Gasteiger partial charge in [-0.2, -0.15) is 267 Å². The van der Waals surface area contributed by atoms with Crippen LogP contribution in [0.4, 0.5) is 237 Å². The van der Waals surface area contributed by atoms with Crippen molar-refractivity contribution >= 4 is 0 Å². The summed E-state index contributed by atoms with van der Waals surface area (Å²) in [6.45, 7) is -23.9. The lowest BCUT2D eigenvalue weighted by atomic mass is 10.0. The summed E-state index contributed by atoms with van der Waals surface area (Å²) in [4.78, 5) is 16.2. The lowest BCUT2D eigenvalue weighted by Crippen LogP contribution is -2.62. The Bertz CT molecular complexity index is 3410. The maximum absolute atomic E-state index is 14.8. The Hall–Kier alpha value is -8.52. The summed E-state index contributed by atoms with van der Waals surface area (Å²) in [6.07, 6.45) is -47.1. The molecule has 66 heteroatoms. The predicted molar refractivity (Wildman–Crippen MR) is 248 cm³/mol. The van der Waals surface area contributed by atoms with Gasteiger partial charge < -0.3 is 28.4 Å². The van der Waals surface area contributed by atoms with Crippen LogP contribution in [0.3, 0.4) is 0 Å². The van der Waals surface area contributed by atoms with Crippen LogP contribution < -0.4 is 28.4 Å². The molecule has 1 aromatic carbocycles. The zero-order valence-corrected chi connectivity index (χ0v) is 51.2. The first-order valence-electron chi connectivity index (χ1n) is 26.7. The first-order chi connectivity index (χ1) is 49.9. The number of halogens is 54. The average Bonchev–Trinajstić information content (AvgIpc) is 0.767. The van der Waals surface area contributed by atoms with E-state index < -0.39 is 289 Å². The fraction of sp³-hybridized carbons (Fsp3) is 0.625. The number of benzene rings is 1. The molecule has 0 N–H and O–H groups in total. The summed E-state index contributed by atoms with van der Waals surface area (Å²) in [6, 6.07) is -4.79. The van der Waals surface area contributed by atoms with Gasteiger partial charge in [-0.1, -0.05) is 0 Å². The number of alkyl halides is 54. The molecule has 0 radical (unpaired) electrons. The van der Waals surface area contributed by atoms with E-state index in [0.29, 0.717) is 0 Å². The minimum atomic E-state index is -8.06. The van der Waals surface area contributed by atoms with E-state index in [-0.39, 0.29) is 0 Å². The molecule has 0 saturated heterocycles. The van der Waals surface area contributed by atoms with Crippen LogP contribution in [0.5, 0.6) is 35.3 Å². The first-order valence-corrected chi connectivity index (χ1v) is 26.7. The molecule has 0 spiro atoms. The Labute approximate surface area is 584 Å². The third-order valence-corrected chi connectivity index (χ3v) is 13.4. The van der Waals surface area contributed by atoms with Gasteiger partial charge in [0.25, 0.3) is 0 Å². The van der Waals surface area contributed by atoms with Crippen LogP contribution >= 0.6 is 0 Å². The van der Waals surface area contributed by atoms with Gasteiger partial charge in [-0.15, -0.1) is 0 Å². The van der Waals surface area contributed by atoms with Crippen LogP contribution in [-0.4, -0.2) is 213 Å². The smallest absolute Gasteiger partial charge is 0.460 e. The van der Waals surface area contributed by atoms with Crippen molar-refractivity contribution in [3.8, 4) is 69.4 Å². The number of nitrogens with zero attached hydrogens (tertiary/aromatic N) is 6. The summed E-state index contributed by atoms with van der Waals surface area (Å²) in [7, 11) is 0. The maximum Gasteiger partial charge on any atom is 0.460 e. The molecule has 654 valence electrons. The monoisotopic (exact) mass is 1800 g/mol. The van der Waals surface area contributed by atoms with Crippen LogP contribution in [0, 0.1) is 0 Å². The van der Waals surface area contributed by atoms with E-state index >= 15 is 0 Å². The number of hydrogen-bond donors (Lipinski definition) is 0. The molecule has 0 bridgehead atoms. The molecular formula is C48H18F54N6O6. The third kappa shape index (κ3) is 17.5. The van der Waals surface area contributed by atoms with Crippen molar-refractivity contribution in [1.82, 2.24) is 29.9 Å². The molecule has 0 amide bonds. The van der Waals surface area contributed by atoms with Crippen LogP contribution in [-0.2, 0) is 0 Å². The number of hydrogen-bond acceptors (Lipinski definition) is 12. The van der Waals surface area contributed by atoms with E-state index in [2.05, 4.69) is 58.3 Å². The van der Waals surface area contributed by atoms with Crippen molar-refractivity contribution in [2.24, 2.45) is 0 Å². The van der Waals surface area contributed by atoms with Gasteiger partial charge in [0.1, 0.15) is 0 Å². The Balaban J connectivity index is 2.39. The highest BCUT2D eigenvalue weighted by atomic mass is 19.5. The average molecular weight is 1800 g/mol. The molecular weight excluding hydrogens is 1780 g/mol. The second kappa shape index (κ2) is 29.3. The largest absolute Gasteiger partial charge is 0.471 e. The van der Waals surface area contributed by atoms with Gasteiger partial charge in [-0.3, -0.25) is 0 Å². The van der Waals surface area contributed by atoms with Crippen LogP contribution in [0.15, 0.2) is 36.4 Å². The Morgan fingerprint density at radius 1 is 0.158 bits per heavy atom. The summed E-state index contributed by atoms with van der Waals surface area (Å²) >= 11 is 0. The summed E-state index contributed by atoms with van der Waals surface area (Å²) < 4.78 is 772. The maximum atomic E-state index is 14.8. The summed E-state index contributed by atoms with van der Waals surface area (Å²) in [5, 5.41) is 0. The standard InChI is InChI=1S/C48H18F54N6O6/c49-25(50,31(61,62)37(73,74)43(85,86)87)7-109-16-4-17(110-8-26(51,52)32(63,64)38(75,76)44(88,89)90)104-22(103-16)13-1-14(23-105-18(111-9-27(53,54)33(65,66)39(77,78)45(91,92)93)5-19(106-23)112-10-28(55,56)34(67,68)40(79,80)46(94,95)96)3-15(2-13)24-107-20(113-11-29(57,58)35(69,70)41(81,82)47(97,98)99)6-21(108-24)114-12-30(59,60)36(71,72)42(83,84)48(100,101)102/h1-6H,7-12H2. The fourth-order valence-electron chi connectivity index (χ4n) is 7.04. The lowest BCUT2D eigenvalue weighted by Gasteiger charge is -2.33. The SMILES string of the molecule is FC(F)(F)C(F)(F)C(F)(F)C(F)(F)COc1cc(OCC(F)(F)C(F)(F)C(F)(F)C(F)(F)F)nc(-c2cc(-c3nc(OCC(F)(F)C(F)(F)C(F)(F)C(F)(F)F)cc(OCC(F)(F)C(F)(F)C(F)(F)C(F)(F)F)n3)cc(-c3nc(OCC(F)(F)C(F)(F)C(F)(F)C(F)(F)F)cc(OCC(F)(F)C(F)(F)C(F)(F)C(F)(F)F)n3)c2)n1. The molecule has 0 unspecified atom stereocenters. The van der Waals surface area contributed by atoms with E-state index in [1.807, 2.05) is 0 Å². The van der Waals surface area contributed by atoms with Crippen molar-refractivity contribution in [2.45, 2.75) is 144 Å². The second-order valence-electron chi connectivity index (χ2n) is 21.7. The summed E-state index contributed by atoms with van der Waals surface area (Å²) in [5.41, 5.74) is -6.68. The number of ether oxygens (including phenoxy) is 6. The molecule has 3 heterocycles. The molecule has 0 aliphatic rings. The molecule has 12 nitrogen and oxygen atoms in total. The quantitative estimate of drug-likeness (QED) is 0.0421. The topological polar surface area (TPSA) is 133 Å². The zero-order chi connectivity index (χ0) is 89.9. The zero-order valence-electron chi connectivity index (χ0n) is 51.2. The molecule has 3 aromatic heterocycles. The predicted octanol–water partition coefficient (Wildman–Crippen LogP) is 20.1. The number of aromatic nitrogens is 6. The highest BCUT2D eigenvalue weighted by molar-refractivity contribution is 5.76. The van der Waals surface area contributed by atoms with Crippen LogP contribution in [0.2, 0.25) is 0 Å². The van der Waals surface area contributed by atoms with E-state index in [1.54, 1.807) is 0 Å². The van der Waals surface area contributed by atoms with E-state index in [4.69, 9.17) is 0 Å². The van der Waals surface area contributed by atoms with Crippen molar-refractivity contribution in [3.63, 3.8) is 0 Å². The minimum absolute atomic E-state index is 0.599. The Morgan fingerprint density at radius 2 is 0.263 bits per heavy atom. The normalized spacial score (nSPS) is 15.3. The van der Waals surface area contributed by atoms with Crippen molar-refractivity contribution < 1.29 is 266 Å². The lowest BCUT2D eigenvalue weighted by molar-refractivity contribution is -0.398. The molecule has 4 aromatic rings. The van der Waals surface area contributed by atoms with Gasteiger partial charge >= 0.3 is 144 Å². The van der Waals surface area contributed by atoms with Gasteiger partial charge in [-0.05, 0) is 18.2 Å². The van der Waals surface area contributed by atoms with Gasteiger partial charge in [0.05, 0.1) is 18.2 Å². The fourth-order valence-corrected chi connectivity index (χ4v) is 7.04. The van der Waals surface area contributed by atoms with Gasteiger partial charge in [0, 0.05) is 16.7 Å².